The Hall–Kier alpha value is -1.21. The van der Waals surface area contributed by atoms with Crippen LogP contribution < -0.4 is 5.56 Å². The lowest BCUT2D eigenvalue weighted by Gasteiger charge is -2.05. The van der Waals surface area contributed by atoms with Gasteiger partial charge in [-0.15, -0.1) is 10.2 Å². The van der Waals surface area contributed by atoms with Crippen LogP contribution in [0.3, 0.4) is 0 Å². The van der Waals surface area contributed by atoms with E-state index in [9.17, 15) is 4.79 Å². The van der Waals surface area contributed by atoms with E-state index in [0.29, 0.717) is 12.4 Å². The fourth-order valence-corrected chi connectivity index (χ4v) is 1.75. The molecular weight excluding hydrogens is 309 g/mol. The summed E-state index contributed by atoms with van der Waals surface area (Å²) in [6, 6.07) is 0. The van der Waals surface area contributed by atoms with E-state index in [4.69, 9.17) is 11.6 Å². The molecule has 0 aliphatic rings. The van der Waals surface area contributed by atoms with Crippen molar-refractivity contribution in [1.82, 2.24) is 24.3 Å². The molecular formula is C9H9BrClN5O. The fourth-order valence-electron chi connectivity index (χ4n) is 1.30. The quantitative estimate of drug-likeness (QED) is 0.779. The van der Waals surface area contributed by atoms with Crippen LogP contribution in [0.4, 0.5) is 0 Å². The van der Waals surface area contributed by atoms with E-state index in [2.05, 4.69) is 31.1 Å². The van der Waals surface area contributed by atoms with E-state index in [-0.39, 0.29) is 15.2 Å². The average Bonchev–Trinajstić information content (AvgIpc) is 2.62. The minimum Gasteiger partial charge on any atom is -0.317 e. The van der Waals surface area contributed by atoms with Crippen LogP contribution in [0.5, 0.6) is 0 Å². The molecule has 0 saturated heterocycles. The smallest absolute Gasteiger partial charge is 0.269 e. The summed E-state index contributed by atoms with van der Waals surface area (Å²) in [6.45, 7) is 2.15. The molecule has 8 heteroatoms. The summed E-state index contributed by atoms with van der Waals surface area (Å²) in [6.07, 6.45) is 1.39. The van der Waals surface area contributed by atoms with Gasteiger partial charge in [-0.2, -0.15) is 0 Å². The average molecular weight is 319 g/mol. The van der Waals surface area contributed by atoms with Crippen LogP contribution in [0.25, 0.3) is 0 Å². The van der Waals surface area contributed by atoms with Gasteiger partial charge in [0.1, 0.15) is 10.3 Å². The summed E-state index contributed by atoms with van der Waals surface area (Å²) in [4.78, 5) is 15.7. The van der Waals surface area contributed by atoms with E-state index in [1.54, 1.807) is 0 Å². The molecule has 0 spiro atoms. The second-order valence-electron chi connectivity index (χ2n) is 3.50. The van der Waals surface area contributed by atoms with E-state index in [1.165, 1.54) is 10.9 Å². The number of halogens is 2. The van der Waals surface area contributed by atoms with E-state index in [1.807, 2.05) is 18.5 Å². The first kappa shape index (κ1) is 12.3. The Morgan fingerprint density at radius 1 is 1.47 bits per heavy atom. The van der Waals surface area contributed by atoms with Gasteiger partial charge in [-0.25, -0.2) is 4.98 Å². The van der Waals surface area contributed by atoms with Crippen LogP contribution in [-0.2, 0) is 13.6 Å². The van der Waals surface area contributed by atoms with E-state index < -0.39 is 0 Å². The summed E-state index contributed by atoms with van der Waals surface area (Å²) in [5.74, 6) is 1.47. The summed E-state index contributed by atoms with van der Waals surface area (Å²) in [5.41, 5.74) is -0.245. The number of rotatable bonds is 2. The zero-order valence-corrected chi connectivity index (χ0v) is 11.5. The number of hydrogen-bond acceptors (Lipinski definition) is 4. The van der Waals surface area contributed by atoms with Crippen molar-refractivity contribution in [3.8, 4) is 0 Å². The Morgan fingerprint density at radius 2 is 2.18 bits per heavy atom. The Labute approximate surface area is 110 Å². The maximum Gasteiger partial charge on any atom is 0.269 e. The van der Waals surface area contributed by atoms with Crippen molar-refractivity contribution < 1.29 is 0 Å². The molecule has 0 N–H and O–H groups in total. The molecule has 2 aromatic heterocycles. The maximum absolute atomic E-state index is 11.8. The Bertz CT molecular complexity index is 620. The predicted molar refractivity (Wildman–Crippen MR) is 66.0 cm³/mol. The third-order valence-corrected chi connectivity index (χ3v) is 3.66. The first-order valence-corrected chi connectivity index (χ1v) is 5.93. The van der Waals surface area contributed by atoms with Crippen LogP contribution in [0, 0.1) is 6.92 Å². The molecule has 0 saturated carbocycles. The SMILES string of the molecule is Cc1nnc(Cn2cnc(Cl)c(Br)c2=O)n1C. The summed E-state index contributed by atoms with van der Waals surface area (Å²) in [7, 11) is 1.84. The highest BCUT2D eigenvalue weighted by molar-refractivity contribution is 9.10. The lowest BCUT2D eigenvalue weighted by atomic mass is 10.5. The number of hydrogen-bond donors (Lipinski definition) is 0. The van der Waals surface area contributed by atoms with Gasteiger partial charge in [0, 0.05) is 7.05 Å². The van der Waals surface area contributed by atoms with Crippen molar-refractivity contribution in [3.63, 3.8) is 0 Å². The van der Waals surface area contributed by atoms with Crippen LogP contribution in [0.2, 0.25) is 5.15 Å². The molecule has 6 nitrogen and oxygen atoms in total. The lowest BCUT2D eigenvalue weighted by molar-refractivity contribution is 0.657. The molecule has 2 rings (SSSR count). The molecule has 2 heterocycles. The largest absolute Gasteiger partial charge is 0.317 e. The van der Waals surface area contributed by atoms with Gasteiger partial charge in [0.15, 0.2) is 11.0 Å². The van der Waals surface area contributed by atoms with Crippen molar-refractivity contribution in [1.29, 1.82) is 0 Å². The van der Waals surface area contributed by atoms with Gasteiger partial charge in [0.2, 0.25) is 0 Å². The fraction of sp³-hybridized carbons (Fsp3) is 0.333. The number of aryl methyl sites for hydroxylation is 1. The zero-order valence-electron chi connectivity index (χ0n) is 9.18. The second kappa shape index (κ2) is 4.58. The molecule has 0 aliphatic heterocycles. The summed E-state index contributed by atoms with van der Waals surface area (Å²) in [5, 5.41) is 8.06. The normalized spacial score (nSPS) is 10.8. The van der Waals surface area contributed by atoms with Gasteiger partial charge in [-0.3, -0.25) is 9.36 Å². The maximum atomic E-state index is 11.8. The first-order chi connectivity index (χ1) is 8.00. The van der Waals surface area contributed by atoms with Gasteiger partial charge < -0.3 is 4.57 Å². The molecule has 2 aromatic rings. The van der Waals surface area contributed by atoms with Crippen LogP contribution in [0.1, 0.15) is 11.6 Å². The monoisotopic (exact) mass is 317 g/mol. The van der Waals surface area contributed by atoms with Crippen molar-refractivity contribution >= 4 is 27.5 Å². The van der Waals surface area contributed by atoms with Gasteiger partial charge in [0.25, 0.3) is 5.56 Å². The molecule has 0 aromatic carbocycles. The molecule has 17 heavy (non-hydrogen) atoms. The summed E-state index contributed by atoms with van der Waals surface area (Å²) < 4.78 is 3.48. The topological polar surface area (TPSA) is 65.6 Å². The van der Waals surface area contributed by atoms with E-state index >= 15 is 0 Å². The van der Waals surface area contributed by atoms with Crippen molar-refractivity contribution in [2.45, 2.75) is 13.5 Å². The molecule has 0 amide bonds. The van der Waals surface area contributed by atoms with Crippen molar-refractivity contribution in [2.24, 2.45) is 7.05 Å². The number of aromatic nitrogens is 5. The van der Waals surface area contributed by atoms with Crippen LogP contribution in [-0.4, -0.2) is 24.3 Å². The Kier molecular flexibility index (Phi) is 3.30. The molecule has 0 bridgehead atoms. The zero-order chi connectivity index (χ0) is 12.6. The third-order valence-electron chi connectivity index (χ3n) is 2.43. The third kappa shape index (κ3) is 2.25. The van der Waals surface area contributed by atoms with Gasteiger partial charge in [0.05, 0.1) is 12.9 Å². The minimum atomic E-state index is -0.245. The highest BCUT2D eigenvalue weighted by Crippen LogP contribution is 2.13. The predicted octanol–water partition coefficient (Wildman–Crippen LogP) is 1.14. The lowest BCUT2D eigenvalue weighted by Crippen LogP contribution is -2.23. The Balaban J connectivity index is 2.41. The highest BCUT2D eigenvalue weighted by atomic mass is 79.9. The molecule has 0 atom stereocenters. The van der Waals surface area contributed by atoms with Crippen molar-refractivity contribution in [2.75, 3.05) is 0 Å². The molecule has 0 aliphatic carbocycles. The minimum absolute atomic E-state index is 0.153. The first-order valence-electron chi connectivity index (χ1n) is 4.76. The number of nitrogens with zero attached hydrogens (tertiary/aromatic N) is 5. The molecule has 90 valence electrons. The standard InChI is InChI=1S/C9H9BrClN5O/c1-5-13-14-6(15(5)2)3-16-4-12-8(11)7(10)9(16)17/h4H,3H2,1-2H3. The Morgan fingerprint density at radius 3 is 2.76 bits per heavy atom. The molecule has 0 radical (unpaired) electrons. The van der Waals surface area contributed by atoms with Gasteiger partial charge in [-0.1, -0.05) is 11.6 Å². The van der Waals surface area contributed by atoms with Crippen LogP contribution >= 0.6 is 27.5 Å². The summed E-state index contributed by atoms with van der Waals surface area (Å²) >= 11 is 8.82. The van der Waals surface area contributed by atoms with E-state index in [0.717, 1.165) is 5.82 Å². The van der Waals surface area contributed by atoms with Crippen LogP contribution in [0.15, 0.2) is 15.6 Å². The molecule has 0 unspecified atom stereocenters. The highest BCUT2D eigenvalue weighted by Gasteiger charge is 2.10. The second-order valence-corrected chi connectivity index (χ2v) is 4.66. The molecule has 0 fully saturated rings. The van der Waals surface area contributed by atoms with Gasteiger partial charge >= 0.3 is 0 Å². The van der Waals surface area contributed by atoms with Gasteiger partial charge in [-0.05, 0) is 22.9 Å². The van der Waals surface area contributed by atoms with Crippen molar-refractivity contribution in [3.05, 3.63) is 38.0 Å².